The maximum Gasteiger partial charge on any atom is 0.340 e. The summed E-state index contributed by atoms with van der Waals surface area (Å²) in [5.74, 6) is 0.192. The molecule has 1 saturated carbocycles. The van der Waals surface area contributed by atoms with Gasteiger partial charge in [0.2, 0.25) is 0 Å². The summed E-state index contributed by atoms with van der Waals surface area (Å²) in [6, 6.07) is 4.89. The fraction of sp³-hybridized carbons (Fsp3) is 0.562. The third kappa shape index (κ3) is 3.50. The molecule has 1 aromatic rings. The molecule has 4 heteroatoms. The molecule has 0 amide bonds. The Bertz CT molecular complexity index is 479. The van der Waals surface area contributed by atoms with E-state index in [2.05, 4.69) is 23.9 Å². The highest BCUT2D eigenvalue weighted by atomic mass is 19.1. The van der Waals surface area contributed by atoms with Gasteiger partial charge in [-0.1, -0.05) is 13.8 Å². The molecule has 0 bridgehead atoms. The largest absolute Gasteiger partial charge is 0.465 e. The van der Waals surface area contributed by atoms with E-state index < -0.39 is 11.8 Å². The molecule has 3 nitrogen and oxygen atoms in total. The molecule has 2 unspecified atom stereocenters. The molecule has 110 valence electrons. The van der Waals surface area contributed by atoms with Gasteiger partial charge in [-0.25, -0.2) is 9.18 Å². The van der Waals surface area contributed by atoms with Crippen molar-refractivity contribution in [1.82, 2.24) is 0 Å². The van der Waals surface area contributed by atoms with Gasteiger partial charge in [0.15, 0.2) is 0 Å². The molecule has 1 fully saturated rings. The first kappa shape index (κ1) is 14.8. The second-order valence-corrected chi connectivity index (χ2v) is 5.94. The Balaban J connectivity index is 2.11. The monoisotopic (exact) mass is 279 g/mol. The van der Waals surface area contributed by atoms with E-state index in [1.54, 1.807) is 6.07 Å². The van der Waals surface area contributed by atoms with E-state index in [0.29, 0.717) is 17.9 Å². The van der Waals surface area contributed by atoms with Gasteiger partial charge in [-0.2, -0.15) is 0 Å². The number of carbonyl (C=O) groups is 1. The summed E-state index contributed by atoms with van der Waals surface area (Å²) in [6.45, 7) is 4.52. The fourth-order valence-corrected chi connectivity index (χ4v) is 3.18. The number of esters is 1. The van der Waals surface area contributed by atoms with Crippen molar-refractivity contribution in [2.24, 2.45) is 11.8 Å². The number of ether oxygens (including phenoxy) is 1. The van der Waals surface area contributed by atoms with E-state index in [1.165, 1.54) is 25.7 Å². The van der Waals surface area contributed by atoms with E-state index in [0.717, 1.165) is 18.5 Å². The van der Waals surface area contributed by atoms with Crippen molar-refractivity contribution in [3.05, 3.63) is 29.6 Å². The van der Waals surface area contributed by atoms with Crippen LogP contribution in [0.15, 0.2) is 18.2 Å². The summed E-state index contributed by atoms with van der Waals surface area (Å²) in [6.07, 6.45) is 3.47. The summed E-state index contributed by atoms with van der Waals surface area (Å²) in [5, 5.41) is 3.41. The number of carbonyl (C=O) groups excluding carboxylic acids is 1. The van der Waals surface area contributed by atoms with Gasteiger partial charge in [0.25, 0.3) is 0 Å². The second kappa shape index (κ2) is 6.25. The molecule has 20 heavy (non-hydrogen) atoms. The molecule has 1 aliphatic rings. The molecule has 2 rings (SSSR count). The Kier molecular flexibility index (Phi) is 4.63. The van der Waals surface area contributed by atoms with Gasteiger partial charge < -0.3 is 10.1 Å². The maximum absolute atomic E-state index is 13.6. The van der Waals surface area contributed by atoms with Crippen molar-refractivity contribution in [1.29, 1.82) is 0 Å². The summed E-state index contributed by atoms with van der Waals surface area (Å²) in [7, 11) is 1.26. The van der Waals surface area contributed by atoms with Gasteiger partial charge in [-0.05, 0) is 49.3 Å². The minimum absolute atomic E-state index is 0.0191. The molecule has 0 spiro atoms. The van der Waals surface area contributed by atoms with Crippen LogP contribution in [0.3, 0.4) is 0 Å². The lowest BCUT2D eigenvalue weighted by molar-refractivity contribution is 0.0595. The van der Waals surface area contributed by atoms with Crippen LogP contribution in [0.5, 0.6) is 0 Å². The molecule has 0 saturated heterocycles. The summed E-state index contributed by atoms with van der Waals surface area (Å²) >= 11 is 0. The maximum atomic E-state index is 13.6. The van der Waals surface area contributed by atoms with E-state index in [1.807, 2.05) is 0 Å². The Morgan fingerprint density at radius 1 is 1.25 bits per heavy atom. The number of anilines is 1. The van der Waals surface area contributed by atoms with Gasteiger partial charge in [0, 0.05) is 11.7 Å². The third-order valence-electron chi connectivity index (χ3n) is 3.92. The zero-order chi connectivity index (χ0) is 14.7. The van der Waals surface area contributed by atoms with Crippen LogP contribution >= 0.6 is 0 Å². The average Bonchev–Trinajstić information content (AvgIpc) is 2.39. The first-order valence-corrected chi connectivity index (χ1v) is 7.14. The standard InChI is InChI=1S/C16H22FNO2/c1-10-6-11(2)8-13(7-10)18-12-4-5-15(17)14(9-12)16(19)20-3/h4-5,9-11,13,18H,6-8H2,1-3H3. The number of benzene rings is 1. The molecule has 0 radical (unpaired) electrons. The first-order chi connectivity index (χ1) is 9.49. The fourth-order valence-electron chi connectivity index (χ4n) is 3.18. The predicted molar refractivity (Wildman–Crippen MR) is 77.3 cm³/mol. The molecule has 1 aromatic carbocycles. The third-order valence-corrected chi connectivity index (χ3v) is 3.92. The molecule has 2 atom stereocenters. The smallest absolute Gasteiger partial charge is 0.340 e. The lowest BCUT2D eigenvalue weighted by Crippen LogP contribution is -2.30. The summed E-state index contributed by atoms with van der Waals surface area (Å²) in [5.41, 5.74) is 0.757. The Morgan fingerprint density at radius 2 is 1.90 bits per heavy atom. The van der Waals surface area contributed by atoms with Crippen molar-refractivity contribution < 1.29 is 13.9 Å². The van der Waals surface area contributed by atoms with E-state index in [-0.39, 0.29) is 5.56 Å². The number of hydrogen-bond donors (Lipinski definition) is 1. The van der Waals surface area contributed by atoms with Crippen LogP contribution in [0.1, 0.15) is 43.5 Å². The van der Waals surface area contributed by atoms with Crippen molar-refractivity contribution in [3.8, 4) is 0 Å². The van der Waals surface area contributed by atoms with E-state index in [4.69, 9.17) is 0 Å². The molecule has 1 aliphatic carbocycles. The van der Waals surface area contributed by atoms with Crippen molar-refractivity contribution in [2.45, 2.75) is 39.2 Å². The van der Waals surface area contributed by atoms with Crippen molar-refractivity contribution in [2.75, 3.05) is 12.4 Å². The summed E-state index contributed by atoms with van der Waals surface area (Å²) < 4.78 is 18.2. The number of hydrogen-bond acceptors (Lipinski definition) is 3. The normalized spacial score (nSPS) is 26.1. The first-order valence-electron chi connectivity index (χ1n) is 7.14. The average molecular weight is 279 g/mol. The molecular weight excluding hydrogens is 257 g/mol. The van der Waals surface area contributed by atoms with Gasteiger partial charge in [0.05, 0.1) is 12.7 Å². The van der Waals surface area contributed by atoms with E-state index >= 15 is 0 Å². The van der Waals surface area contributed by atoms with Crippen molar-refractivity contribution in [3.63, 3.8) is 0 Å². The molecular formula is C16H22FNO2. The van der Waals surface area contributed by atoms with Crippen LogP contribution in [-0.4, -0.2) is 19.1 Å². The van der Waals surface area contributed by atoms with Gasteiger partial charge in [-0.3, -0.25) is 0 Å². The zero-order valence-electron chi connectivity index (χ0n) is 12.3. The number of methoxy groups -OCH3 is 1. The molecule has 0 aromatic heterocycles. The lowest BCUT2D eigenvalue weighted by Gasteiger charge is -2.32. The number of halogens is 1. The van der Waals surface area contributed by atoms with Crippen molar-refractivity contribution >= 4 is 11.7 Å². The minimum atomic E-state index is -0.642. The highest BCUT2D eigenvalue weighted by molar-refractivity contribution is 5.90. The van der Waals surface area contributed by atoms with E-state index in [9.17, 15) is 9.18 Å². The Morgan fingerprint density at radius 3 is 2.50 bits per heavy atom. The van der Waals surface area contributed by atoms with Crippen LogP contribution in [0, 0.1) is 17.7 Å². The second-order valence-electron chi connectivity index (χ2n) is 5.94. The lowest BCUT2D eigenvalue weighted by atomic mass is 9.80. The quantitative estimate of drug-likeness (QED) is 0.854. The van der Waals surface area contributed by atoms with Gasteiger partial charge in [0.1, 0.15) is 5.82 Å². The zero-order valence-corrected chi connectivity index (χ0v) is 12.3. The van der Waals surface area contributed by atoms with Gasteiger partial charge >= 0.3 is 5.97 Å². The van der Waals surface area contributed by atoms with Crippen LogP contribution in [-0.2, 0) is 4.74 Å². The molecule has 0 heterocycles. The number of rotatable bonds is 3. The minimum Gasteiger partial charge on any atom is -0.465 e. The van der Waals surface area contributed by atoms with Crippen LogP contribution in [0.4, 0.5) is 10.1 Å². The summed E-state index contributed by atoms with van der Waals surface area (Å²) in [4.78, 5) is 11.5. The predicted octanol–water partition coefficient (Wildman–Crippen LogP) is 3.85. The highest BCUT2D eigenvalue weighted by Gasteiger charge is 2.24. The van der Waals surface area contributed by atoms with Gasteiger partial charge in [-0.15, -0.1) is 0 Å². The topological polar surface area (TPSA) is 38.3 Å². The molecule has 0 aliphatic heterocycles. The number of nitrogens with one attached hydrogen (secondary N) is 1. The molecule has 1 N–H and O–H groups in total. The Hall–Kier alpha value is -1.58. The Labute approximate surface area is 119 Å². The SMILES string of the molecule is COC(=O)c1cc(NC2CC(C)CC(C)C2)ccc1F. The van der Waals surface area contributed by atoms with Crippen LogP contribution in [0.2, 0.25) is 0 Å². The highest BCUT2D eigenvalue weighted by Crippen LogP contribution is 2.30. The van der Waals surface area contributed by atoms with Crippen LogP contribution < -0.4 is 5.32 Å². The van der Waals surface area contributed by atoms with Crippen LogP contribution in [0.25, 0.3) is 0 Å².